The second kappa shape index (κ2) is 8.74. The van der Waals surface area contributed by atoms with E-state index in [1.165, 1.54) is 4.57 Å². The highest BCUT2D eigenvalue weighted by atomic mass is 79.9. The monoisotopic (exact) mass is 457 g/mol. The van der Waals surface area contributed by atoms with E-state index in [-0.39, 0.29) is 0 Å². The van der Waals surface area contributed by atoms with Crippen LogP contribution >= 0.6 is 15.9 Å². The van der Waals surface area contributed by atoms with E-state index in [0.29, 0.717) is 23.8 Å². The lowest BCUT2D eigenvalue weighted by Crippen LogP contribution is -2.27. The van der Waals surface area contributed by atoms with Crippen LogP contribution in [0.15, 0.2) is 65.3 Å². The predicted octanol–water partition coefficient (Wildman–Crippen LogP) is 6.29. The van der Waals surface area contributed by atoms with Crippen LogP contribution in [0.25, 0.3) is 11.3 Å². The van der Waals surface area contributed by atoms with Gasteiger partial charge >= 0.3 is 6.09 Å². The molecular weight excluding hydrogens is 434 g/mol. The van der Waals surface area contributed by atoms with Crippen molar-refractivity contribution in [2.24, 2.45) is 0 Å². The molecule has 0 amide bonds. The van der Waals surface area contributed by atoms with Gasteiger partial charge in [0.25, 0.3) is 0 Å². The topological polar surface area (TPSA) is 49.7 Å². The zero-order valence-electron chi connectivity index (χ0n) is 16.9. The Labute approximate surface area is 179 Å². The summed E-state index contributed by atoms with van der Waals surface area (Å²) in [5.74, 6) is 1.29. The fourth-order valence-electron chi connectivity index (χ4n) is 2.80. The number of carbonyl (C=O) groups excluding carboxylic acids is 1. The number of carbonyl (C=O) groups is 1. The lowest BCUT2D eigenvalue weighted by molar-refractivity contribution is 0.0540. The molecule has 2 aromatic carbocycles. The van der Waals surface area contributed by atoms with E-state index < -0.39 is 11.7 Å². The Kier molecular flexibility index (Phi) is 6.33. The van der Waals surface area contributed by atoms with Gasteiger partial charge in [0.2, 0.25) is 0 Å². The first-order valence-electron chi connectivity index (χ1n) is 9.23. The fraction of sp³-hybridized carbons (Fsp3) is 0.261. The van der Waals surface area contributed by atoms with Crippen molar-refractivity contribution >= 4 is 22.0 Å². The summed E-state index contributed by atoms with van der Waals surface area (Å²) in [4.78, 5) is 12.7. The van der Waals surface area contributed by atoms with Crippen LogP contribution in [-0.2, 0) is 11.3 Å². The Balaban J connectivity index is 1.99. The van der Waals surface area contributed by atoms with E-state index in [0.717, 1.165) is 15.6 Å². The van der Waals surface area contributed by atoms with Crippen molar-refractivity contribution < 1.29 is 19.0 Å². The van der Waals surface area contributed by atoms with E-state index in [1.807, 2.05) is 75.4 Å². The van der Waals surface area contributed by atoms with Gasteiger partial charge in [-0.25, -0.2) is 4.79 Å². The minimum atomic E-state index is -0.600. The summed E-state index contributed by atoms with van der Waals surface area (Å²) in [6.07, 6.45) is 1.23. The average Bonchev–Trinajstić information content (AvgIpc) is 3.07. The zero-order chi connectivity index (χ0) is 21.0. The second-order valence-corrected chi connectivity index (χ2v) is 8.45. The minimum Gasteiger partial charge on any atom is -0.497 e. The van der Waals surface area contributed by atoms with Gasteiger partial charge in [-0.05, 0) is 60.5 Å². The number of rotatable bonds is 5. The standard InChI is InChI=1S/C23H24BrNO4/c1-23(2,3)29-22(26)25-14-17(24)12-20(25)19-11-10-18(27-4)13-21(19)28-15-16-8-6-5-7-9-16/h5-14H,15H2,1-4H3. The zero-order valence-corrected chi connectivity index (χ0v) is 18.5. The first-order chi connectivity index (χ1) is 13.8. The van der Waals surface area contributed by atoms with Crippen molar-refractivity contribution in [2.45, 2.75) is 33.0 Å². The molecule has 0 spiro atoms. The molecule has 0 unspecified atom stereocenters. The van der Waals surface area contributed by atoms with Crippen molar-refractivity contribution in [2.75, 3.05) is 7.11 Å². The van der Waals surface area contributed by atoms with E-state index in [4.69, 9.17) is 14.2 Å². The van der Waals surface area contributed by atoms with Gasteiger partial charge in [-0.3, -0.25) is 4.57 Å². The molecule has 0 N–H and O–H groups in total. The molecule has 0 radical (unpaired) electrons. The summed E-state index contributed by atoms with van der Waals surface area (Å²) in [5.41, 5.74) is 1.87. The molecule has 0 bridgehead atoms. The van der Waals surface area contributed by atoms with Crippen LogP contribution in [-0.4, -0.2) is 23.4 Å². The van der Waals surface area contributed by atoms with E-state index >= 15 is 0 Å². The van der Waals surface area contributed by atoms with E-state index in [1.54, 1.807) is 13.3 Å². The summed E-state index contributed by atoms with van der Waals surface area (Å²) >= 11 is 3.46. The smallest absolute Gasteiger partial charge is 0.419 e. The number of methoxy groups -OCH3 is 1. The van der Waals surface area contributed by atoms with E-state index in [9.17, 15) is 4.79 Å². The first kappa shape index (κ1) is 21.0. The maximum atomic E-state index is 12.7. The normalized spacial score (nSPS) is 11.2. The molecule has 29 heavy (non-hydrogen) atoms. The Morgan fingerprint density at radius 3 is 2.45 bits per heavy atom. The minimum absolute atomic E-state index is 0.398. The molecule has 0 aliphatic heterocycles. The number of nitrogens with zero attached hydrogens (tertiary/aromatic N) is 1. The molecule has 152 valence electrons. The quantitative estimate of drug-likeness (QED) is 0.451. The summed E-state index contributed by atoms with van der Waals surface area (Å²) in [6.45, 7) is 5.91. The molecule has 3 aromatic rings. The average molecular weight is 458 g/mol. The molecule has 0 saturated heterocycles. The maximum absolute atomic E-state index is 12.7. The predicted molar refractivity (Wildman–Crippen MR) is 117 cm³/mol. The van der Waals surface area contributed by atoms with Crippen molar-refractivity contribution in [1.29, 1.82) is 0 Å². The van der Waals surface area contributed by atoms with Gasteiger partial charge < -0.3 is 14.2 Å². The Morgan fingerprint density at radius 1 is 1.07 bits per heavy atom. The Bertz CT molecular complexity index is 990. The van der Waals surface area contributed by atoms with Gasteiger partial charge in [0, 0.05) is 22.3 Å². The SMILES string of the molecule is COc1ccc(-c2cc(Br)cn2C(=O)OC(C)(C)C)c(OCc2ccccc2)c1. The lowest BCUT2D eigenvalue weighted by Gasteiger charge is -2.21. The third kappa shape index (κ3) is 5.41. The van der Waals surface area contributed by atoms with Gasteiger partial charge in [0.1, 0.15) is 23.7 Å². The molecule has 1 aromatic heterocycles. The van der Waals surface area contributed by atoms with Gasteiger partial charge in [-0.15, -0.1) is 0 Å². The van der Waals surface area contributed by atoms with Crippen molar-refractivity contribution in [3.63, 3.8) is 0 Å². The molecule has 3 rings (SSSR count). The molecule has 0 aliphatic rings. The first-order valence-corrected chi connectivity index (χ1v) is 10.0. The van der Waals surface area contributed by atoms with Gasteiger partial charge in [0.15, 0.2) is 0 Å². The highest BCUT2D eigenvalue weighted by molar-refractivity contribution is 9.10. The van der Waals surface area contributed by atoms with Crippen molar-refractivity contribution in [1.82, 2.24) is 4.57 Å². The Morgan fingerprint density at radius 2 is 1.79 bits per heavy atom. The maximum Gasteiger partial charge on any atom is 0.419 e. The van der Waals surface area contributed by atoms with Crippen LogP contribution in [0.5, 0.6) is 11.5 Å². The van der Waals surface area contributed by atoms with Gasteiger partial charge in [-0.2, -0.15) is 0 Å². The highest BCUT2D eigenvalue weighted by Crippen LogP contribution is 2.36. The van der Waals surface area contributed by atoms with Crippen LogP contribution in [0.4, 0.5) is 4.79 Å². The molecule has 0 fully saturated rings. The lowest BCUT2D eigenvalue weighted by atomic mass is 10.1. The van der Waals surface area contributed by atoms with Crippen molar-refractivity contribution in [3.05, 3.63) is 70.8 Å². The summed E-state index contributed by atoms with van der Waals surface area (Å²) in [6, 6.07) is 17.3. The molecule has 0 atom stereocenters. The number of hydrogen-bond donors (Lipinski definition) is 0. The van der Waals surface area contributed by atoms with Crippen LogP contribution in [0.3, 0.4) is 0 Å². The summed E-state index contributed by atoms with van der Waals surface area (Å²) in [7, 11) is 1.61. The van der Waals surface area contributed by atoms with Crippen LogP contribution < -0.4 is 9.47 Å². The number of aromatic nitrogens is 1. The number of halogens is 1. The van der Waals surface area contributed by atoms with Crippen LogP contribution in [0.2, 0.25) is 0 Å². The summed E-state index contributed by atoms with van der Waals surface area (Å²) < 4.78 is 19.3. The highest BCUT2D eigenvalue weighted by Gasteiger charge is 2.22. The third-order valence-corrected chi connectivity index (χ3v) is 4.51. The van der Waals surface area contributed by atoms with Crippen molar-refractivity contribution in [3.8, 4) is 22.8 Å². The van der Waals surface area contributed by atoms with Gasteiger partial charge in [-0.1, -0.05) is 30.3 Å². The Hall–Kier alpha value is -2.73. The van der Waals surface area contributed by atoms with Gasteiger partial charge in [0.05, 0.1) is 12.8 Å². The molecule has 1 heterocycles. The molecule has 5 nitrogen and oxygen atoms in total. The number of ether oxygens (including phenoxy) is 3. The second-order valence-electron chi connectivity index (χ2n) is 7.53. The molecule has 0 saturated carbocycles. The third-order valence-electron chi connectivity index (χ3n) is 4.08. The van der Waals surface area contributed by atoms with Crippen LogP contribution in [0.1, 0.15) is 26.3 Å². The van der Waals surface area contributed by atoms with E-state index in [2.05, 4.69) is 15.9 Å². The van der Waals surface area contributed by atoms with Crippen LogP contribution in [0, 0.1) is 0 Å². The number of benzene rings is 2. The molecule has 0 aliphatic carbocycles. The number of hydrogen-bond acceptors (Lipinski definition) is 4. The molecule has 6 heteroatoms. The fourth-order valence-corrected chi connectivity index (χ4v) is 3.22. The molecular formula is C23H24BrNO4. The summed E-state index contributed by atoms with van der Waals surface area (Å²) in [5, 5.41) is 0. The largest absolute Gasteiger partial charge is 0.497 e.